The molecule has 0 aromatic carbocycles. The molecule has 26 heavy (non-hydrogen) atoms. The van der Waals surface area contributed by atoms with E-state index in [2.05, 4.69) is 15.3 Å². The van der Waals surface area contributed by atoms with Crippen LogP contribution in [0.5, 0.6) is 0 Å². The molecule has 0 aliphatic rings. The number of aromatic nitrogens is 3. The van der Waals surface area contributed by atoms with E-state index in [4.69, 9.17) is 0 Å². The molecule has 0 saturated carbocycles. The van der Waals surface area contributed by atoms with Gasteiger partial charge in [-0.2, -0.15) is 0 Å². The third-order valence-electron chi connectivity index (χ3n) is 3.90. The van der Waals surface area contributed by atoms with E-state index >= 15 is 0 Å². The minimum atomic E-state index is -0.446. The molecule has 0 radical (unpaired) electrons. The van der Waals surface area contributed by atoms with Crippen LogP contribution in [0.3, 0.4) is 0 Å². The lowest BCUT2D eigenvalue weighted by molar-refractivity contribution is 0.102. The second-order valence-corrected chi connectivity index (χ2v) is 6.64. The highest BCUT2D eigenvalue weighted by Gasteiger charge is 2.15. The molecule has 3 aromatic heterocycles. The van der Waals surface area contributed by atoms with Crippen LogP contribution in [0.1, 0.15) is 21.7 Å². The molecule has 132 valence electrons. The number of aryl methyl sites for hydroxylation is 1. The first-order valence-electron chi connectivity index (χ1n) is 8.02. The molecule has 3 aromatic rings. The zero-order valence-electron chi connectivity index (χ0n) is 14.5. The molecule has 0 spiro atoms. The number of anilines is 1. The Kier molecular flexibility index (Phi) is 5.48. The Balaban J connectivity index is 1.79. The van der Waals surface area contributed by atoms with E-state index in [0.29, 0.717) is 16.5 Å². The second kappa shape index (κ2) is 7.97. The van der Waals surface area contributed by atoms with E-state index in [1.54, 1.807) is 43.7 Å². The van der Waals surface area contributed by atoms with Crippen LogP contribution in [-0.2, 0) is 12.8 Å². The fourth-order valence-corrected chi connectivity index (χ4v) is 3.18. The summed E-state index contributed by atoms with van der Waals surface area (Å²) < 4.78 is 1.45. The highest BCUT2D eigenvalue weighted by atomic mass is 32.2. The van der Waals surface area contributed by atoms with E-state index in [1.165, 1.54) is 16.3 Å². The fourth-order valence-electron chi connectivity index (χ4n) is 2.32. The van der Waals surface area contributed by atoms with Crippen LogP contribution in [0.25, 0.3) is 0 Å². The quantitative estimate of drug-likeness (QED) is 0.703. The number of nitrogens with one attached hydrogen (secondary N) is 1. The van der Waals surface area contributed by atoms with E-state index in [1.807, 2.05) is 25.1 Å². The van der Waals surface area contributed by atoms with Crippen LogP contribution in [0, 0.1) is 6.92 Å². The fraction of sp³-hybridized carbons (Fsp3) is 0.158. The van der Waals surface area contributed by atoms with Crippen LogP contribution >= 0.6 is 11.8 Å². The van der Waals surface area contributed by atoms with Gasteiger partial charge in [-0.3, -0.25) is 14.6 Å². The van der Waals surface area contributed by atoms with Crippen LogP contribution in [0.2, 0.25) is 0 Å². The highest BCUT2D eigenvalue weighted by Crippen LogP contribution is 2.27. The topological polar surface area (TPSA) is 76.9 Å². The molecule has 0 unspecified atom stereocenters. The molecule has 1 N–H and O–H groups in total. The van der Waals surface area contributed by atoms with Crippen LogP contribution < -0.4 is 10.9 Å². The zero-order chi connectivity index (χ0) is 18.5. The maximum atomic E-state index is 12.6. The Hall–Kier alpha value is -2.93. The predicted molar refractivity (Wildman–Crippen MR) is 102 cm³/mol. The Morgan fingerprint density at radius 3 is 2.69 bits per heavy atom. The second-order valence-electron chi connectivity index (χ2n) is 5.67. The summed E-state index contributed by atoms with van der Waals surface area (Å²) in [6, 6.07) is 12.5. The van der Waals surface area contributed by atoms with Crippen molar-refractivity contribution >= 4 is 23.4 Å². The Labute approximate surface area is 155 Å². The van der Waals surface area contributed by atoms with Gasteiger partial charge in [-0.1, -0.05) is 17.8 Å². The standard InChI is InChI=1S/C19H18N4O2S/c1-13-8-9-15(19(25)23(13)2)17(24)22-16-7-5-11-21-18(16)26-12-14-6-3-4-10-20-14/h3-11H,12H2,1-2H3,(H,22,24). The molecule has 3 heterocycles. The summed E-state index contributed by atoms with van der Waals surface area (Å²) in [5.74, 6) is 0.186. The number of pyridine rings is 3. The average Bonchev–Trinajstić information content (AvgIpc) is 2.66. The molecule has 0 atom stereocenters. The monoisotopic (exact) mass is 366 g/mol. The summed E-state index contributed by atoms with van der Waals surface area (Å²) >= 11 is 1.48. The maximum absolute atomic E-state index is 12.6. The SMILES string of the molecule is Cc1ccc(C(=O)Nc2cccnc2SCc2ccccn2)c(=O)n1C. The first-order valence-corrected chi connectivity index (χ1v) is 9.00. The molecule has 0 saturated heterocycles. The van der Waals surface area contributed by atoms with E-state index < -0.39 is 5.91 Å². The number of rotatable bonds is 5. The maximum Gasteiger partial charge on any atom is 0.263 e. The molecular weight excluding hydrogens is 348 g/mol. The molecule has 1 amide bonds. The molecular formula is C19H18N4O2S. The van der Waals surface area contributed by atoms with E-state index in [0.717, 1.165) is 11.4 Å². The van der Waals surface area contributed by atoms with Crippen molar-refractivity contribution in [2.75, 3.05) is 5.32 Å². The summed E-state index contributed by atoms with van der Waals surface area (Å²) in [6.07, 6.45) is 3.41. The van der Waals surface area contributed by atoms with Crippen LogP contribution in [0.15, 0.2) is 64.7 Å². The number of amides is 1. The van der Waals surface area contributed by atoms with Gasteiger partial charge in [0, 0.05) is 30.9 Å². The van der Waals surface area contributed by atoms with Crippen molar-refractivity contribution in [3.8, 4) is 0 Å². The number of thioether (sulfide) groups is 1. The van der Waals surface area contributed by atoms with Crippen molar-refractivity contribution in [3.05, 3.63) is 82.2 Å². The van der Waals surface area contributed by atoms with Gasteiger partial charge in [0.05, 0.1) is 11.4 Å². The molecule has 0 bridgehead atoms. The van der Waals surface area contributed by atoms with Gasteiger partial charge >= 0.3 is 0 Å². The van der Waals surface area contributed by atoms with Crippen molar-refractivity contribution in [2.24, 2.45) is 7.05 Å². The number of hydrogen-bond donors (Lipinski definition) is 1. The van der Waals surface area contributed by atoms with Gasteiger partial charge in [-0.05, 0) is 43.3 Å². The lowest BCUT2D eigenvalue weighted by Crippen LogP contribution is -2.28. The summed E-state index contributed by atoms with van der Waals surface area (Å²) in [5, 5.41) is 3.47. The van der Waals surface area contributed by atoms with Crippen molar-refractivity contribution in [1.29, 1.82) is 0 Å². The highest BCUT2D eigenvalue weighted by molar-refractivity contribution is 7.98. The molecule has 0 fully saturated rings. The molecule has 6 nitrogen and oxygen atoms in total. The predicted octanol–water partition coefficient (Wildman–Crippen LogP) is 3.03. The van der Waals surface area contributed by atoms with E-state index in [-0.39, 0.29) is 11.1 Å². The third kappa shape index (κ3) is 4.00. The van der Waals surface area contributed by atoms with Gasteiger partial charge in [-0.25, -0.2) is 4.98 Å². The van der Waals surface area contributed by atoms with Crippen LogP contribution in [0.4, 0.5) is 5.69 Å². The molecule has 0 aliphatic carbocycles. The van der Waals surface area contributed by atoms with E-state index in [9.17, 15) is 9.59 Å². The summed E-state index contributed by atoms with van der Waals surface area (Å²) in [6.45, 7) is 1.82. The Bertz CT molecular complexity index is 986. The average molecular weight is 366 g/mol. The van der Waals surface area contributed by atoms with Gasteiger partial charge in [0.2, 0.25) is 0 Å². The molecule has 0 aliphatic heterocycles. The lowest BCUT2D eigenvalue weighted by atomic mass is 10.2. The number of carbonyl (C=O) groups excluding carboxylic acids is 1. The van der Waals surface area contributed by atoms with Gasteiger partial charge in [0.15, 0.2) is 0 Å². The number of hydrogen-bond acceptors (Lipinski definition) is 5. The minimum absolute atomic E-state index is 0.0997. The first-order chi connectivity index (χ1) is 12.6. The molecule has 7 heteroatoms. The lowest BCUT2D eigenvalue weighted by Gasteiger charge is -2.11. The number of carbonyl (C=O) groups is 1. The first kappa shape index (κ1) is 17.9. The largest absolute Gasteiger partial charge is 0.319 e. The van der Waals surface area contributed by atoms with Crippen molar-refractivity contribution in [1.82, 2.24) is 14.5 Å². The normalized spacial score (nSPS) is 10.5. The van der Waals surface area contributed by atoms with Crippen molar-refractivity contribution in [3.63, 3.8) is 0 Å². The third-order valence-corrected chi connectivity index (χ3v) is 4.94. The van der Waals surface area contributed by atoms with Gasteiger partial charge in [-0.15, -0.1) is 0 Å². The summed E-state index contributed by atoms with van der Waals surface area (Å²) in [5.41, 5.74) is 2.06. The minimum Gasteiger partial charge on any atom is -0.319 e. The Morgan fingerprint density at radius 2 is 1.92 bits per heavy atom. The summed E-state index contributed by atoms with van der Waals surface area (Å²) in [4.78, 5) is 33.5. The Morgan fingerprint density at radius 1 is 1.12 bits per heavy atom. The van der Waals surface area contributed by atoms with Gasteiger partial charge < -0.3 is 9.88 Å². The van der Waals surface area contributed by atoms with Crippen molar-refractivity contribution < 1.29 is 4.79 Å². The number of nitrogens with zero attached hydrogens (tertiary/aromatic N) is 3. The van der Waals surface area contributed by atoms with Crippen molar-refractivity contribution in [2.45, 2.75) is 17.7 Å². The van der Waals surface area contributed by atoms with Gasteiger partial charge in [0.25, 0.3) is 11.5 Å². The van der Waals surface area contributed by atoms with Gasteiger partial charge in [0.1, 0.15) is 10.6 Å². The van der Waals surface area contributed by atoms with Crippen LogP contribution in [-0.4, -0.2) is 20.4 Å². The smallest absolute Gasteiger partial charge is 0.263 e. The zero-order valence-corrected chi connectivity index (χ0v) is 15.3. The molecule has 3 rings (SSSR count). The summed E-state index contributed by atoms with van der Waals surface area (Å²) in [7, 11) is 1.65.